The summed E-state index contributed by atoms with van der Waals surface area (Å²) in [6.45, 7) is 11.0. The van der Waals surface area contributed by atoms with Crippen LogP contribution in [0.5, 0.6) is 0 Å². The number of nitrogens with zero attached hydrogens (tertiary/aromatic N) is 1. The Morgan fingerprint density at radius 3 is 2.02 bits per heavy atom. The fourth-order valence-corrected chi connectivity index (χ4v) is 6.08. The fraction of sp³-hybridized carbons (Fsp3) is 0.462. The molecule has 6 N–H and O–H groups in total. The Morgan fingerprint density at radius 2 is 1.47 bits per heavy atom. The number of pyridine rings is 1. The van der Waals surface area contributed by atoms with Gasteiger partial charge in [0.05, 0.1) is 24.9 Å². The Labute approximate surface area is 300 Å². The molecule has 3 rings (SSSR count). The number of ether oxygens (including phenoxy) is 1. The van der Waals surface area contributed by atoms with E-state index in [2.05, 4.69) is 21.3 Å². The van der Waals surface area contributed by atoms with E-state index in [0.717, 1.165) is 16.7 Å². The van der Waals surface area contributed by atoms with Crippen molar-refractivity contribution in [1.29, 1.82) is 0 Å². The molecule has 0 bridgehead atoms. The van der Waals surface area contributed by atoms with Crippen LogP contribution in [0.1, 0.15) is 75.8 Å². The predicted molar refractivity (Wildman–Crippen MR) is 195 cm³/mol. The molecule has 0 aliphatic heterocycles. The number of hydrogen-bond acceptors (Lipinski definition) is 7. The van der Waals surface area contributed by atoms with Gasteiger partial charge in [-0.3, -0.25) is 14.6 Å². The number of aromatic nitrogens is 1. The van der Waals surface area contributed by atoms with Crippen molar-refractivity contribution in [3.05, 3.63) is 101 Å². The zero-order chi connectivity index (χ0) is 37.7. The van der Waals surface area contributed by atoms with Crippen molar-refractivity contribution in [3.8, 4) is 0 Å². The summed E-state index contributed by atoms with van der Waals surface area (Å²) >= 11 is 0. The van der Waals surface area contributed by atoms with Crippen molar-refractivity contribution in [2.45, 2.75) is 97.0 Å². The van der Waals surface area contributed by atoms with E-state index in [1.165, 1.54) is 7.11 Å². The molecule has 1 aromatic heterocycles. The highest BCUT2D eigenvalue weighted by Crippen LogP contribution is 2.31. The first-order valence-corrected chi connectivity index (χ1v) is 17.3. The first-order chi connectivity index (χ1) is 24.1. The van der Waals surface area contributed by atoms with Crippen LogP contribution in [0.15, 0.2) is 79.0 Å². The van der Waals surface area contributed by atoms with Crippen LogP contribution in [0.3, 0.4) is 0 Å². The summed E-state index contributed by atoms with van der Waals surface area (Å²) in [5.74, 6) is -1.95. The number of alkyl carbamates (subject to hydrolysis) is 1. The summed E-state index contributed by atoms with van der Waals surface area (Å²) in [4.78, 5) is 56.6. The van der Waals surface area contributed by atoms with Crippen LogP contribution in [-0.2, 0) is 20.7 Å². The molecule has 1 heterocycles. The third-order valence-electron chi connectivity index (χ3n) is 9.08. The second kappa shape index (κ2) is 18.9. The molecule has 0 radical (unpaired) electrons. The average molecular weight is 704 g/mol. The number of rotatable bonds is 16. The van der Waals surface area contributed by atoms with E-state index < -0.39 is 65.6 Å². The van der Waals surface area contributed by atoms with Crippen LogP contribution >= 0.6 is 0 Å². The highest BCUT2D eigenvalue weighted by Gasteiger charge is 2.39. The highest BCUT2D eigenvalue weighted by atomic mass is 16.5. The molecule has 0 saturated carbocycles. The Hall–Kier alpha value is -4.97. The maximum Gasteiger partial charge on any atom is 0.407 e. The van der Waals surface area contributed by atoms with Crippen molar-refractivity contribution in [1.82, 2.24) is 26.3 Å². The van der Waals surface area contributed by atoms with Crippen molar-refractivity contribution in [3.63, 3.8) is 0 Å². The number of hydrogen-bond donors (Lipinski definition) is 6. The van der Waals surface area contributed by atoms with Gasteiger partial charge in [-0.2, -0.15) is 0 Å². The first-order valence-electron chi connectivity index (χ1n) is 17.3. The first kappa shape index (κ1) is 40.5. The minimum absolute atomic E-state index is 0.0475. The van der Waals surface area contributed by atoms with E-state index >= 15 is 0 Å². The van der Waals surface area contributed by atoms with Crippen LogP contribution in [0.2, 0.25) is 0 Å². The lowest BCUT2D eigenvalue weighted by molar-refractivity contribution is -0.127. The van der Waals surface area contributed by atoms with Crippen LogP contribution in [-0.4, -0.2) is 76.6 Å². The van der Waals surface area contributed by atoms with Crippen LogP contribution < -0.4 is 21.3 Å². The molecular weight excluding hydrogens is 650 g/mol. The maximum atomic E-state index is 14.2. The fourth-order valence-electron chi connectivity index (χ4n) is 6.08. The van der Waals surface area contributed by atoms with Gasteiger partial charge in [-0.05, 0) is 59.9 Å². The summed E-state index contributed by atoms with van der Waals surface area (Å²) in [6.07, 6.45) is -0.928. The highest BCUT2D eigenvalue weighted by molar-refractivity contribution is 5.87. The van der Waals surface area contributed by atoms with E-state index in [4.69, 9.17) is 9.72 Å². The molecule has 0 aliphatic carbocycles. The molecule has 0 saturated heterocycles. The van der Waals surface area contributed by atoms with E-state index in [0.29, 0.717) is 12.1 Å². The third kappa shape index (κ3) is 12.1. The molecule has 0 fully saturated rings. The summed E-state index contributed by atoms with van der Waals surface area (Å²) in [6, 6.07) is 18.9. The standard InChI is InChI=1S/C39H53N5O7/c1-8-25(3)33(43-37(48)49)35(46)41-28(22-26-15-11-9-12-16-26)31(45)23-30(42-36(47)34(39(4,5)6)44-38(50)51-7)32(27-17-13-10-14-18-27)29-21-24(2)19-20-40-29/h9-21,25,28,30-34,43,45H,8,22-23H2,1-7H3,(H,41,46)(H,42,47)(H,44,50)(H,48,49)/t25-,28-,30-,31-,32?,33-,34+/m0/s1. The van der Waals surface area contributed by atoms with Gasteiger partial charge in [0.15, 0.2) is 0 Å². The number of nitrogens with one attached hydrogen (secondary N) is 4. The van der Waals surface area contributed by atoms with E-state index in [1.54, 1.807) is 13.1 Å². The normalized spacial score (nSPS) is 15.5. The number of carboxylic acid groups (broad SMARTS) is 1. The molecule has 2 aromatic carbocycles. The molecule has 51 heavy (non-hydrogen) atoms. The van der Waals surface area contributed by atoms with E-state index in [1.807, 2.05) is 107 Å². The quantitative estimate of drug-likeness (QED) is 0.121. The van der Waals surface area contributed by atoms with Gasteiger partial charge in [-0.25, -0.2) is 9.59 Å². The van der Waals surface area contributed by atoms with Crippen molar-refractivity contribution >= 4 is 24.0 Å². The van der Waals surface area contributed by atoms with E-state index in [9.17, 15) is 29.4 Å². The Morgan fingerprint density at radius 1 is 0.863 bits per heavy atom. The summed E-state index contributed by atoms with van der Waals surface area (Å²) in [5, 5.41) is 32.7. The number of carbonyl (C=O) groups is 4. The van der Waals surface area contributed by atoms with E-state index in [-0.39, 0.29) is 18.8 Å². The topological polar surface area (TPSA) is 179 Å². The second-order valence-corrected chi connectivity index (χ2v) is 14.1. The molecule has 3 aromatic rings. The number of benzene rings is 2. The van der Waals surface area contributed by atoms with Crippen LogP contribution in [0, 0.1) is 18.3 Å². The van der Waals surface area contributed by atoms with Crippen molar-refractivity contribution < 1.29 is 34.1 Å². The van der Waals surface area contributed by atoms with Crippen molar-refractivity contribution in [2.24, 2.45) is 11.3 Å². The average Bonchev–Trinajstić information content (AvgIpc) is 3.09. The summed E-state index contributed by atoms with van der Waals surface area (Å²) in [7, 11) is 1.22. The molecule has 276 valence electrons. The summed E-state index contributed by atoms with van der Waals surface area (Å²) < 4.78 is 4.83. The SMILES string of the molecule is CC[C@H](C)[C@H](NC(=O)O)C(=O)N[C@@H](Cc1ccccc1)[C@@H](O)C[C@H](NC(=O)[C@@H](NC(=O)OC)C(C)(C)C)C(c1ccccc1)c1cc(C)ccn1. The molecule has 12 nitrogen and oxygen atoms in total. The maximum absolute atomic E-state index is 14.2. The van der Waals surface area contributed by atoms with Gasteiger partial charge in [-0.1, -0.05) is 102 Å². The second-order valence-electron chi connectivity index (χ2n) is 14.1. The minimum Gasteiger partial charge on any atom is -0.465 e. The largest absolute Gasteiger partial charge is 0.465 e. The number of aliphatic hydroxyl groups excluding tert-OH is 1. The van der Waals surface area contributed by atoms with Gasteiger partial charge in [0, 0.05) is 18.2 Å². The molecular formula is C39H53N5O7. The Bertz CT molecular complexity index is 1580. The monoisotopic (exact) mass is 703 g/mol. The number of amides is 4. The van der Waals surface area contributed by atoms with Gasteiger partial charge in [0.2, 0.25) is 11.8 Å². The van der Waals surface area contributed by atoms with Gasteiger partial charge >= 0.3 is 12.2 Å². The molecule has 4 amide bonds. The molecule has 12 heteroatoms. The Balaban J connectivity index is 2.13. The Kier molecular flexibility index (Phi) is 15.0. The zero-order valence-corrected chi connectivity index (χ0v) is 30.6. The lowest BCUT2D eigenvalue weighted by atomic mass is 9.81. The van der Waals surface area contributed by atoms with Crippen LogP contribution in [0.4, 0.5) is 9.59 Å². The summed E-state index contributed by atoms with van der Waals surface area (Å²) in [5.41, 5.74) is 2.54. The number of methoxy groups -OCH3 is 1. The predicted octanol–water partition coefficient (Wildman–Crippen LogP) is 4.94. The van der Waals surface area contributed by atoms with Gasteiger partial charge in [0.25, 0.3) is 0 Å². The van der Waals surface area contributed by atoms with Gasteiger partial charge in [-0.15, -0.1) is 0 Å². The number of aliphatic hydroxyl groups is 1. The van der Waals surface area contributed by atoms with Gasteiger partial charge in [0.1, 0.15) is 12.1 Å². The molecule has 0 aliphatic rings. The minimum atomic E-state index is -1.33. The molecule has 7 atom stereocenters. The molecule has 1 unspecified atom stereocenters. The third-order valence-corrected chi connectivity index (χ3v) is 9.08. The smallest absolute Gasteiger partial charge is 0.407 e. The number of aryl methyl sites for hydroxylation is 1. The van der Waals surface area contributed by atoms with Crippen LogP contribution in [0.25, 0.3) is 0 Å². The zero-order valence-electron chi connectivity index (χ0n) is 30.6. The molecule has 0 spiro atoms. The number of carbonyl (C=O) groups excluding carboxylic acids is 3. The van der Waals surface area contributed by atoms with Crippen molar-refractivity contribution in [2.75, 3.05) is 7.11 Å². The van der Waals surface area contributed by atoms with Gasteiger partial charge < -0.3 is 36.2 Å². The lowest BCUT2D eigenvalue weighted by Crippen LogP contribution is -2.58. The lowest BCUT2D eigenvalue weighted by Gasteiger charge is -2.36.